The van der Waals surface area contributed by atoms with E-state index in [1.54, 1.807) is 12.3 Å². The van der Waals surface area contributed by atoms with Gasteiger partial charge in [-0.15, -0.1) is 0 Å². The summed E-state index contributed by atoms with van der Waals surface area (Å²) in [5, 5.41) is 6.43. The van der Waals surface area contributed by atoms with Crippen LogP contribution in [-0.4, -0.2) is 16.8 Å². The SMILES string of the molecule is C=CC(=O)Nc1cccc(-c2ccc3nccc(NC(C)=O)c3c2)c1. The van der Waals surface area contributed by atoms with Gasteiger partial charge in [-0.25, -0.2) is 0 Å². The number of pyridine rings is 1. The van der Waals surface area contributed by atoms with E-state index < -0.39 is 0 Å². The van der Waals surface area contributed by atoms with Gasteiger partial charge in [0.05, 0.1) is 11.2 Å². The van der Waals surface area contributed by atoms with Gasteiger partial charge in [-0.05, 0) is 47.5 Å². The molecular weight excluding hydrogens is 314 g/mol. The van der Waals surface area contributed by atoms with E-state index in [1.807, 2.05) is 42.5 Å². The second-order valence-corrected chi connectivity index (χ2v) is 5.55. The lowest BCUT2D eigenvalue weighted by molar-refractivity contribution is -0.114. The minimum atomic E-state index is -0.257. The summed E-state index contributed by atoms with van der Waals surface area (Å²) in [6.45, 7) is 4.93. The normalized spacial score (nSPS) is 10.3. The Labute approximate surface area is 145 Å². The molecule has 124 valence electrons. The minimum Gasteiger partial charge on any atom is -0.326 e. The first kappa shape index (κ1) is 16.4. The topological polar surface area (TPSA) is 71.1 Å². The fourth-order valence-electron chi connectivity index (χ4n) is 2.59. The Kier molecular flexibility index (Phi) is 4.57. The highest BCUT2D eigenvalue weighted by Gasteiger charge is 2.07. The fourth-order valence-corrected chi connectivity index (χ4v) is 2.59. The van der Waals surface area contributed by atoms with Crippen molar-refractivity contribution in [2.45, 2.75) is 6.92 Å². The third-order valence-corrected chi connectivity index (χ3v) is 3.70. The Hall–Kier alpha value is -3.47. The van der Waals surface area contributed by atoms with Crippen LogP contribution in [0.4, 0.5) is 11.4 Å². The maximum atomic E-state index is 11.5. The van der Waals surface area contributed by atoms with Gasteiger partial charge in [0.2, 0.25) is 11.8 Å². The number of rotatable bonds is 4. The molecule has 0 aliphatic rings. The van der Waals surface area contributed by atoms with E-state index in [9.17, 15) is 9.59 Å². The zero-order chi connectivity index (χ0) is 17.8. The van der Waals surface area contributed by atoms with Crippen molar-refractivity contribution in [1.29, 1.82) is 0 Å². The fraction of sp³-hybridized carbons (Fsp3) is 0.0500. The van der Waals surface area contributed by atoms with Crippen molar-refractivity contribution >= 4 is 34.1 Å². The first-order valence-corrected chi connectivity index (χ1v) is 7.77. The molecule has 2 aromatic carbocycles. The molecule has 0 spiro atoms. The molecule has 0 saturated carbocycles. The summed E-state index contributed by atoms with van der Waals surface area (Å²) in [5.41, 5.74) is 4.11. The number of amides is 2. The van der Waals surface area contributed by atoms with E-state index in [2.05, 4.69) is 22.2 Å². The number of nitrogens with zero attached hydrogens (tertiary/aromatic N) is 1. The third-order valence-electron chi connectivity index (χ3n) is 3.70. The van der Waals surface area contributed by atoms with E-state index in [-0.39, 0.29) is 11.8 Å². The van der Waals surface area contributed by atoms with Gasteiger partial charge in [0.15, 0.2) is 0 Å². The predicted molar refractivity (Wildman–Crippen MR) is 100 cm³/mol. The number of aromatic nitrogens is 1. The zero-order valence-electron chi connectivity index (χ0n) is 13.7. The van der Waals surface area contributed by atoms with Crippen LogP contribution in [0.15, 0.2) is 67.4 Å². The molecule has 1 aromatic heterocycles. The maximum absolute atomic E-state index is 11.5. The molecule has 25 heavy (non-hydrogen) atoms. The standard InChI is InChI=1S/C20H17N3O2/c1-3-20(25)23-16-6-4-5-14(11-16)15-7-8-18-17(12-15)19(9-10-21-18)22-13(2)24/h3-12H,1H2,2H3,(H,23,25)(H,21,22,24). The molecule has 0 fully saturated rings. The lowest BCUT2D eigenvalue weighted by Crippen LogP contribution is -2.07. The molecule has 5 nitrogen and oxygen atoms in total. The van der Waals surface area contributed by atoms with Gasteiger partial charge in [-0.3, -0.25) is 14.6 Å². The predicted octanol–water partition coefficient (Wildman–Crippen LogP) is 3.98. The molecular formula is C20H17N3O2. The monoisotopic (exact) mass is 331 g/mol. The molecule has 2 amide bonds. The zero-order valence-corrected chi connectivity index (χ0v) is 13.7. The molecule has 2 N–H and O–H groups in total. The Bertz CT molecular complexity index is 980. The summed E-state index contributed by atoms with van der Waals surface area (Å²) in [6.07, 6.45) is 2.90. The van der Waals surface area contributed by atoms with Crippen LogP contribution in [0.1, 0.15) is 6.92 Å². The Morgan fingerprint density at radius 3 is 2.60 bits per heavy atom. The molecule has 0 bridgehead atoms. The van der Waals surface area contributed by atoms with E-state index in [0.29, 0.717) is 5.69 Å². The molecule has 3 aromatic rings. The van der Waals surface area contributed by atoms with Crippen LogP contribution in [-0.2, 0) is 9.59 Å². The van der Waals surface area contributed by atoms with Crippen LogP contribution in [0.2, 0.25) is 0 Å². The first-order valence-electron chi connectivity index (χ1n) is 7.77. The number of carbonyl (C=O) groups excluding carboxylic acids is 2. The summed E-state index contributed by atoms with van der Waals surface area (Å²) < 4.78 is 0. The van der Waals surface area contributed by atoms with Gasteiger partial charge in [0.1, 0.15) is 0 Å². The molecule has 0 atom stereocenters. The first-order chi connectivity index (χ1) is 12.1. The summed E-state index contributed by atoms with van der Waals surface area (Å²) in [6, 6.07) is 15.1. The molecule has 3 rings (SSSR count). The Morgan fingerprint density at radius 2 is 1.84 bits per heavy atom. The highest BCUT2D eigenvalue weighted by molar-refractivity contribution is 6.02. The molecule has 0 aliphatic carbocycles. The Morgan fingerprint density at radius 1 is 1.04 bits per heavy atom. The van der Waals surface area contributed by atoms with Crippen LogP contribution in [0.3, 0.4) is 0 Å². The van der Waals surface area contributed by atoms with Gasteiger partial charge >= 0.3 is 0 Å². The number of nitrogens with one attached hydrogen (secondary N) is 2. The van der Waals surface area contributed by atoms with E-state index in [1.165, 1.54) is 13.0 Å². The summed E-state index contributed by atoms with van der Waals surface area (Å²) in [5.74, 6) is -0.389. The summed E-state index contributed by atoms with van der Waals surface area (Å²) in [4.78, 5) is 27.2. The molecule has 5 heteroatoms. The number of anilines is 2. The lowest BCUT2D eigenvalue weighted by atomic mass is 10.0. The van der Waals surface area contributed by atoms with Crippen molar-refractivity contribution in [2.75, 3.05) is 10.6 Å². The number of hydrogen-bond donors (Lipinski definition) is 2. The van der Waals surface area contributed by atoms with Crippen molar-refractivity contribution < 1.29 is 9.59 Å². The highest BCUT2D eigenvalue weighted by Crippen LogP contribution is 2.29. The van der Waals surface area contributed by atoms with Gasteiger partial charge in [0.25, 0.3) is 0 Å². The van der Waals surface area contributed by atoms with Crippen molar-refractivity contribution in [3.8, 4) is 11.1 Å². The van der Waals surface area contributed by atoms with Crippen LogP contribution in [0, 0.1) is 0 Å². The van der Waals surface area contributed by atoms with Crippen molar-refractivity contribution in [3.63, 3.8) is 0 Å². The van der Waals surface area contributed by atoms with Gasteiger partial charge in [-0.2, -0.15) is 0 Å². The van der Waals surface area contributed by atoms with Crippen molar-refractivity contribution in [2.24, 2.45) is 0 Å². The smallest absolute Gasteiger partial charge is 0.247 e. The average molecular weight is 331 g/mol. The molecule has 0 radical (unpaired) electrons. The number of hydrogen-bond acceptors (Lipinski definition) is 3. The number of benzene rings is 2. The maximum Gasteiger partial charge on any atom is 0.247 e. The van der Waals surface area contributed by atoms with Gasteiger partial charge < -0.3 is 10.6 Å². The van der Waals surface area contributed by atoms with E-state index in [0.717, 1.165) is 27.7 Å². The van der Waals surface area contributed by atoms with E-state index in [4.69, 9.17) is 0 Å². The highest BCUT2D eigenvalue weighted by atomic mass is 16.2. The molecule has 1 heterocycles. The largest absolute Gasteiger partial charge is 0.326 e. The quantitative estimate of drug-likeness (QED) is 0.710. The van der Waals surface area contributed by atoms with Crippen molar-refractivity contribution in [3.05, 3.63) is 67.4 Å². The van der Waals surface area contributed by atoms with E-state index >= 15 is 0 Å². The molecule has 0 unspecified atom stereocenters. The minimum absolute atomic E-state index is 0.132. The molecule has 0 saturated heterocycles. The van der Waals surface area contributed by atoms with Gasteiger partial charge in [0, 0.05) is 24.2 Å². The van der Waals surface area contributed by atoms with Crippen LogP contribution in [0.5, 0.6) is 0 Å². The number of carbonyl (C=O) groups is 2. The van der Waals surface area contributed by atoms with Crippen LogP contribution < -0.4 is 10.6 Å². The lowest BCUT2D eigenvalue weighted by Gasteiger charge is -2.10. The molecule has 0 aliphatic heterocycles. The number of fused-ring (bicyclic) bond motifs is 1. The average Bonchev–Trinajstić information content (AvgIpc) is 2.61. The summed E-state index contributed by atoms with van der Waals surface area (Å²) >= 11 is 0. The van der Waals surface area contributed by atoms with Gasteiger partial charge in [-0.1, -0.05) is 24.8 Å². The van der Waals surface area contributed by atoms with Crippen molar-refractivity contribution in [1.82, 2.24) is 4.98 Å². The summed E-state index contributed by atoms with van der Waals surface area (Å²) in [7, 11) is 0. The van der Waals surface area contributed by atoms with Crippen LogP contribution >= 0.6 is 0 Å². The Balaban J connectivity index is 2.04. The van der Waals surface area contributed by atoms with Crippen LogP contribution in [0.25, 0.3) is 22.0 Å². The second-order valence-electron chi connectivity index (χ2n) is 5.55. The third kappa shape index (κ3) is 3.72. The second kappa shape index (κ2) is 6.97.